The van der Waals surface area contributed by atoms with Crippen LogP contribution in [0.2, 0.25) is 0 Å². The lowest BCUT2D eigenvalue weighted by molar-refractivity contribution is -0.115. The van der Waals surface area contributed by atoms with Crippen LogP contribution in [-0.2, 0) is 4.79 Å². The Kier molecular flexibility index (Phi) is 5.13. The number of halogens is 1. The Morgan fingerprint density at radius 1 is 1.37 bits per heavy atom. The molecule has 1 aromatic heterocycles. The molecule has 0 bridgehead atoms. The average Bonchev–Trinajstić information content (AvgIpc) is 2.90. The Morgan fingerprint density at radius 3 is 2.89 bits per heavy atom. The van der Waals surface area contributed by atoms with Crippen molar-refractivity contribution in [1.29, 1.82) is 0 Å². The second kappa shape index (κ2) is 6.84. The zero-order chi connectivity index (χ0) is 13.7. The molecule has 100 valence electrons. The van der Waals surface area contributed by atoms with E-state index < -0.39 is 0 Å². The van der Waals surface area contributed by atoms with Crippen LogP contribution in [0, 0.1) is 0 Å². The number of amides is 1. The minimum Gasteiger partial charge on any atom is -0.325 e. The van der Waals surface area contributed by atoms with E-state index in [0.29, 0.717) is 6.54 Å². The first-order valence-corrected chi connectivity index (χ1v) is 7.64. The predicted molar refractivity (Wildman–Crippen MR) is 83.5 cm³/mol. The summed E-state index contributed by atoms with van der Waals surface area (Å²) in [5, 5.41) is 8.10. The highest BCUT2D eigenvalue weighted by molar-refractivity contribution is 9.10. The molecule has 0 aliphatic heterocycles. The van der Waals surface area contributed by atoms with E-state index in [1.54, 1.807) is 11.3 Å². The van der Waals surface area contributed by atoms with Gasteiger partial charge in [-0.15, -0.1) is 11.3 Å². The Labute approximate surface area is 125 Å². The second-order valence-corrected chi connectivity index (χ2v) is 6.07. The maximum atomic E-state index is 11.8. The van der Waals surface area contributed by atoms with Gasteiger partial charge in [0, 0.05) is 21.1 Å². The van der Waals surface area contributed by atoms with Crippen LogP contribution >= 0.6 is 27.3 Å². The smallest absolute Gasteiger partial charge is 0.238 e. The molecule has 0 aliphatic rings. The van der Waals surface area contributed by atoms with Gasteiger partial charge in [-0.3, -0.25) is 4.79 Å². The molecule has 1 amide bonds. The van der Waals surface area contributed by atoms with Crippen LogP contribution in [0.3, 0.4) is 0 Å². The third-order valence-corrected chi connectivity index (χ3v) is 4.20. The van der Waals surface area contributed by atoms with Gasteiger partial charge in [-0.05, 0) is 36.6 Å². The topological polar surface area (TPSA) is 41.1 Å². The molecule has 2 aromatic rings. The van der Waals surface area contributed by atoms with E-state index in [1.807, 2.05) is 35.7 Å². The maximum absolute atomic E-state index is 11.8. The molecule has 1 atom stereocenters. The number of nitrogens with one attached hydrogen (secondary N) is 2. The van der Waals surface area contributed by atoms with Gasteiger partial charge in [0.2, 0.25) is 5.91 Å². The summed E-state index contributed by atoms with van der Waals surface area (Å²) in [6, 6.07) is 11.8. The Hall–Kier alpha value is -1.17. The van der Waals surface area contributed by atoms with Gasteiger partial charge in [0.25, 0.3) is 0 Å². The minimum atomic E-state index is -0.0403. The van der Waals surface area contributed by atoms with Crippen molar-refractivity contribution in [3.8, 4) is 0 Å². The second-order valence-electron chi connectivity index (χ2n) is 4.18. The molecule has 3 nitrogen and oxygen atoms in total. The number of rotatable bonds is 5. The van der Waals surface area contributed by atoms with Gasteiger partial charge in [-0.25, -0.2) is 0 Å². The molecule has 5 heteroatoms. The van der Waals surface area contributed by atoms with Crippen LogP contribution in [0.15, 0.2) is 46.3 Å². The van der Waals surface area contributed by atoms with Crippen molar-refractivity contribution in [2.24, 2.45) is 0 Å². The standard InChI is InChI=1S/C14H15BrN2OS/c1-10(13-6-3-7-19-13)16-9-14(18)17-12-5-2-4-11(15)8-12/h2-8,10,16H,9H2,1H3,(H,17,18)/t10-/m1/s1. The highest BCUT2D eigenvalue weighted by Crippen LogP contribution is 2.18. The fraction of sp³-hybridized carbons (Fsp3) is 0.214. The Morgan fingerprint density at radius 2 is 2.21 bits per heavy atom. The van der Waals surface area contributed by atoms with Gasteiger partial charge in [0.05, 0.1) is 6.54 Å². The molecular weight excluding hydrogens is 324 g/mol. The number of thiophene rings is 1. The van der Waals surface area contributed by atoms with E-state index in [0.717, 1.165) is 10.2 Å². The molecule has 1 heterocycles. The molecule has 2 rings (SSSR count). The van der Waals surface area contributed by atoms with Crippen molar-refractivity contribution < 1.29 is 4.79 Å². The van der Waals surface area contributed by atoms with Gasteiger partial charge < -0.3 is 10.6 Å². The highest BCUT2D eigenvalue weighted by atomic mass is 79.9. The number of hydrogen-bond acceptors (Lipinski definition) is 3. The number of benzene rings is 1. The summed E-state index contributed by atoms with van der Waals surface area (Å²) in [5.74, 6) is -0.0403. The molecule has 0 spiro atoms. The van der Waals surface area contributed by atoms with Crippen molar-refractivity contribution in [3.05, 3.63) is 51.1 Å². The third-order valence-electron chi connectivity index (χ3n) is 2.65. The van der Waals surface area contributed by atoms with Gasteiger partial charge in [-0.1, -0.05) is 28.1 Å². The van der Waals surface area contributed by atoms with Crippen LogP contribution in [0.1, 0.15) is 17.8 Å². The average molecular weight is 339 g/mol. The van der Waals surface area contributed by atoms with E-state index in [1.165, 1.54) is 4.88 Å². The highest BCUT2D eigenvalue weighted by Gasteiger charge is 2.08. The van der Waals surface area contributed by atoms with E-state index in [4.69, 9.17) is 0 Å². The molecule has 0 radical (unpaired) electrons. The van der Waals surface area contributed by atoms with Crippen LogP contribution in [0.4, 0.5) is 5.69 Å². The molecule has 0 saturated heterocycles. The van der Waals surface area contributed by atoms with E-state index in [9.17, 15) is 4.79 Å². The van der Waals surface area contributed by atoms with Crippen molar-refractivity contribution in [2.75, 3.05) is 11.9 Å². The van der Waals surface area contributed by atoms with Gasteiger partial charge in [0.15, 0.2) is 0 Å². The zero-order valence-electron chi connectivity index (χ0n) is 10.5. The van der Waals surface area contributed by atoms with Gasteiger partial charge >= 0.3 is 0 Å². The van der Waals surface area contributed by atoms with Crippen molar-refractivity contribution in [3.63, 3.8) is 0 Å². The van der Waals surface area contributed by atoms with Crippen LogP contribution < -0.4 is 10.6 Å². The SMILES string of the molecule is C[C@@H](NCC(=O)Nc1cccc(Br)c1)c1cccs1. The molecular formula is C14H15BrN2OS. The summed E-state index contributed by atoms with van der Waals surface area (Å²) in [5.41, 5.74) is 0.796. The first kappa shape index (κ1) is 14.2. The Bertz CT molecular complexity index is 542. The Balaban J connectivity index is 1.82. The van der Waals surface area contributed by atoms with E-state index in [-0.39, 0.29) is 11.9 Å². The quantitative estimate of drug-likeness (QED) is 0.870. The van der Waals surface area contributed by atoms with Crippen LogP contribution in [0.5, 0.6) is 0 Å². The maximum Gasteiger partial charge on any atom is 0.238 e. The molecule has 2 N–H and O–H groups in total. The summed E-state index contributed by atoms with van der Waals surface area (Å²) in [6.45, 7) is 2.35. The lowest BCUT2D eigenvalue weighted by Gasteiger charge is -2.12. The number of hydrogen-bond donors (Lipinski definition) is 2. The van der Waals surface area contributed by atoms with E-state index in [2.05, 4.69) is 39.6 Å². The predicted octanol–water partition coefficient (Wildman–Crippen LogP) is 3.80. The molecule has 19 heavy (non-hydrogen) atoms. The monoisotopic (exact) mass is 338 g/mol. The zero-order valence-corrected chi connectivity index (χ0v) is 12.9. The largest absolute Gasteiger partial charge is 0.325 e. The normalized spacial score (nSPS) is 12.1. The molecule has 0 aliphatic carbocycles. The fourth-order valence-corrected chi connectivity index (χ4v) is 2.81. The summed E-state index contributed by atoms with van der Waals surface area (Å²) in [6.07, 6.45) is 0. The molecule has 0 saturated carbocycles. The summed E-state index contributed by atoms with van der Waals surface area (Å²) >= 11 is 5.06. The van der Waals surface area contributed by atoms with Crippen LogP contribution in [0.25, 0.3) is 0 Å². The van der Waals surface area contributed by atoms with Crippen molar-refractivity contribution in [1.82, 2.24) is 5.32 Å². The van der Waals surface area contributed by atoms with Gasteiger partial charge in [0.1, 0.15) is 0 Å². The van der Waals surface area contributed by atoms with E-state index >= 15 is 0 Å². The van der Waals surface area contributed by atoms with Crippen molar-refractivity contribution >= 4 is 38.9 Å². The van der Waals surface area contributed by atoms with Crippen molar-refractivity contribution in [2.45, 2.75) is 13.0 Å². The molecule has 0 unspecified atom stereocenters. The van der Waals surface area contributed by atoms with Gasteiger partial charge in [-0.2, -0.15) is 0 Å². The number of carbonyl (C=O) groups is 1. The fourth-order valence-electron chi connectivity index (χ4n) is 1.66. The minimum absolute atomic E-state index is 0.0403. The molecule has 0 fully saturated rings. The number of anilines is 1. The summed E-state index contributed by atoms with van der Waals surface area (Å²) in [7, 11) is 0. The summed E-state index contributed by atoms with van der Waals surface area (Å²) in [4.78, 5) is 13.0. The lowest BCUT2D eigenvalue weighted by atomic mass is 10.2. The first-order valence-electron chi connectivity index (χ1n) is 5.97. The first-order chi connectivity index (χ1) is 9.15. The number of carbonyl (C=O) groups excluding carboxylic acids is 1. The summed E-state index contributed by atoms with van der Waals surface area (Å²) < 4.78 is 0.949. The lowest BCUT2D eigenvalue weighted by Crippen LogP contribution is -2.29. The molecule has 1 aromatic carbocycles. The van der Waals surface area contributed by atoms with Crippen LogP contribution in [-0.4, -0.2) is 12.5 Å². The third kappa shape index (κ3) is 4.45.